The summed E-state index contributed by atoms with van der Waals surface area (Å²) in [6.07, 6.45) is 0. The van der Waals surface area contributed by atoms with Gasteiger partial charge in [0.05, 0.1) is 12.7 Å². The molecule has 0 saturated carbocycles. The first-order valence-electron chi connectivity index (χ1n) is 6.34. The molecule has 0 bridgehead atoms. The summed E-state index contributed by atoms with van der Waals surface area (Å²) < 4.78 is 31.5. The van der Waals surface area contributed by atoms with Crippen LogP contribution >= 0.6 is 0 Å². The number of rotatable bonds is 4. The maximum atomic E-state index is 13.6. The van der Waals surface area contributed by atoms with Crippen LogP contribution < -0.4 is 4.74 Å². The molecule has 110 valence electrons. The Balaban J connectivity index is 2.11. The standard InChI is InChI=1S/C16H15F2NO2/c1-19(10-11-3-6-13(21-2)7-4-11)16(20)14-8-5-12(17)9-15(14)18/h3-9H,10H2,1-2H3. The first-order chi connectivity index (χ1) is 10.0. The molecule has 0 heterocycles. The van der Waals surface area contributed by atoms with E-state index in [-0.39, 0.29) is 5.56 Å². The van der Waals surface area contributed by atoms with E-state index in [1.165, 1.54) is 4.90 Å². The van der Waals surface area contributed by atoms with E-state index in [2.05, 4.69) is 0 Å². The van der Waals surface area contributed by atoms with Crippen LogP contribution in [0.3, 0.4) is 0 Å². The monoisotopic (exact) mass is 291 g/mol. The van der Waals surface area contributed by atoms with Gasteiger partial charge in [-0.1, -0.05) is 12.1 Å². The first kappa shape index (κ1) is 15.0. The molecule has 0 saturated heterocycles. The van der Waals surface area contributed by atoms with Gasteiger partial charge < -0.3 is 9.64 Å². The van der Waals surface area contributed by atoms with Gasteiger partial charge in [-0.2, -0.15) is 0 Å². The normalized spacial score (nSPS) is 10.3. The molecule has 2 rings (SSSR count). The van der Waals surface area contributed by atoms with Crippen molar-refractivity contribution in [1.82, 2.24) is 4.90 Å². The van der Waals surface area contributed by atoms with Gasteiger partial charge in [-0.25, -0.2) is 8.78 Å². The fraction of sp³-hybridized carbons (Fsp3) is 0.188. The van der Waals surface area contributed by atoms with Crippen LogP contribution in [0, 0.1) is 11.6 Å². The fourth-order valence-corrected chi connectivity index (χ4v) is 1.95. The second kappa shape index (κ2) is 6.35. The van der Waals surface area contributed by atoms with Crippen LogP contribution in [0.15, 0.2) is 42.5 Å². The van der Waals surface area contributed by atoms with Crippen molar-refractivity contribution in [1.29, 1.82) is 0 Å². The van der Waals surface area contributed by atoms with Crippen molar-refractivity contribution in [2.45, 2.75) is 6.54 Å². The van der Waals surface area contributed by atoms with Crippen LogP contribution in [0.25, 0.3) is 0 Å². The van der Waals surface area contributed by atoms with E-state index in [1.54, 1.807) is 26.3 Å². The van der Waals surface area contributed by atoms with Crippen LogP contribution in [0.1, 0.15) is 15.9 Å². The van der Waals surface area contributed by atoms with E-state index in [1.807, 2.05) is 12.1 Å². The van der Waals surface area contributed by atoms with Crippen molar-refractivity contribution in [2.24, 2.45) is 0 Å². The molecule has 5 heteroatoms. The van der Waals surface area contributed by atoms with Crippen LogP contribution in [0.5, 0.6) is 5.75 Å². The zero-order valence-electron chi connectivity index (χ0n) is 11.8. The SMILES string of the molecule is COc1ccc(CN(C)C(=O)c2ccc(F)cc2F)cc1. The molecule has 0 unspecified atom stereocenters. The number of nitrogens with zero attached hydrogens (tertiary/aromatic N) is 1. The molecule has 3 nitrogen and oxygen atoms in total. The summed E-state index contributed by atoms with van der Waals surface area (Å²) >= 11 is 0. The van der Waals surface area contributed by atoms with Gasteiger partial charge in [-0.3, -0.25) is 4.79 Å². The molecule has 0 N–H and O–H groups in total. The Morgan fingerprint density at radius 3 is 2.38 bits per heavy atom. The Morgan fingerprint density at radius 1 is 1.14 bits per heavy atom. The number of hydrogen-bond acceptors (Lipinski definition) is 2. The van der Waals surface area contributed by atoms with Crippen LogP contribution in [-0.4, -0.2) is 25.0 Å². The van der Waals surface area contributed by atoms with Gasteiger partial charge >= 0.3 is 0 Å². The van der Waals surface area contributed by atoms with Gasteiger partial charge in [0.15, 0.2) is 0 Å². The number of ether oxygens (including phenoxy) is 1. The van der Waals surface area contributed by atoms with Crippen molar-refractivity contribution in [3.8, 4) is 5.75 Å². The van der Waals surface area contributed by atoms with Gasteiger partial charge in [-0.05, 0) is 29.8 Å². The van der Waals surface area contributed by atoms with Crippen LogP contribution in [0.2, 0.25) is 0 Å². The van der Waals surface area contributed by atoms with E-state index in [9.17, 15) is 13.6 Å². The largest absolute Gasteiger partial charge is 0.497 e. The average molecular weight is 291 g/mol. The fourth-order valence-electron chi connectivity index (χ4n) is 1.95. The van der Waals surface area contributed by atoms with E-state index < -0.39 is 17.5 Å². The number of benzene rings is 2. The number of amides is 1. The molecule has 2 aromatic rings. The van der Waals surface area contributed by atoms with E-state index in [0.29, 0.717) is 12.6 Å². The summed E-state index contributed by atoms with van der Waals surface area (Å²) in [6, 6.07) is 10.1. The summed E-state index contributed by atoms with van der Waals surface area (Å²) in [6.45, 7) is 0.319. The molecule has 1 amide bonds. The maximum Gasteiger partial charge on any atom is 0.256 e. The zero-order chi connectivity index (χ0) is 15.4. The van der Waals surface area contributed by atoms with Crippen molar-refractivity contribution in [3.63, 3.8) is 0 Å². The van der Waals surface area contributed by atoms with Gasteiger partial charge in [0.2, 0.25) is 0 Å². The summed E-state index contributed by atoms with van der Waals surface area (Å²) in [5, 5.41) is 0. The molecular weight excluding hydrogens is 276 g/mol. The molecule has 0 spiro atoms. The lowest BCUT2D eigenvalue weighted by molar-refractivity contribution is 0.0780. The molecule has 21 heavy (non-hydrogen) atoms. The summed E-state index contributed by atoms with van der Waals surface area (Å²) in [5.41, 5.74) is 0.738. The van der Waals surface area contributed by atoms with Crippen molar-refractivity contribution >= 4 is 5.91 Å². The average Bonchev–Trinajstić information content (AvgIpc) is 2.47. The zero-order valence-corrected chi connectivity index (χ0v) is 11.8. The second-order valence-electron chi connectivity index (χ2n) is 4.63. The summed E-state index contributed by atoms with van der Waals surface area (Å²) in [5.74, 6) is -1.34. The topological polar surface area (TPSA) is 29.5 Å². The Morgan fingerprint density at radius 2 is 1.81 bits per heavy atom. The number of hydrogen-bond donors (Lipinski definition) is 0. The Bertz CT molecular complexity index is 641. The third kappa shape index (κ3) is 3.56. The Hall–Kier alpha value is -2.43. The molecule has 0 radical (unpaired) electrons. The smallest absolute Gasteiger partial charge is 0.256 e. The molecule has 2 aromatic carbocycles. The predicted octanol–water partition coefficient (Wildman–Crippen LogP) is 3.25. The maximum absolute atomic E-state index is 13.6. The summed E-state index contributed by atoms with van der Waals surface area (Å²) in [4.78, 5) is 13.5. The van der Waals surface area contributed by atoms with Gasteiger partial charge in [0.1, 0.15) is 17.4 Å². The molecule has 0 aliphatic carbocycles. The predicted molar refractivity (Wildman–Crippen MR) is 75.1 cm³/mol. The highest BCUT2D eigenvalue weighted by Gasteiger charge is 2.16. The van der Waals surface area contributed by atoms with E-state index in [4.69, 9.17) is 4.74 Å². The lowest BCUT2D eigenvalue weighted by Crippen LogP contribution is -2.27. The lowest BCUT2D eigenvalue weighted by atomic mass is 10.1. The Kier molecular flexibility index (Phi) is 4.52. The third-order valence-corrected chi connectivity index (χ3v) is 3.09. The number of halogens is 2. The minimum absolute atomic E-state index is 0.146. The van der Waals surface area contributed by atoms with Gasteiger partial charge in [0, 0.05) is 19.7 Å². The van der Waals surface area contributed by atoms with Crippen molar-refractivity contribution in [2.75, 3.05) is 14.2 Å². The first-order valence-corrected chi connectivity index (χ1v) is 6.34. The quantitative estimate of drug-likeness (QED) is 0.865. The highest BCUT2D eigenvalue weighted by atomic mass is 19.1. The minimum Gasteiger partial charge on any atom is -0.497 e. The molecule has 0 fully saturated rings. The molecular formula is C16H15F2NO2. The lowest BCUT2D eigenvalue weighted by Gasteiger charge is -2.18. The second-order valence-corrected chi connectivity index (χ2v) is 4.63. The summed E-state index contributed by atoms with van der Waals surface area (Å²) in [7, 11) is 3.14. The third-order valence-electron chi connectivity index (χ3n) is 3.09. The number of carbonyl (C=O) groups excluding carboxylic acids is 1. The van der Waals surface area contributed by atoms with Crippen LogP contribution in [-0.2, 0) is 6.54 Å². The van der Waals surface area contributed by atoms with Gasteiger partial charge in [-0.15, -0.1) is 0 Å². The minimum atomic E-state index is -0.860. The molecule has 0 aromatic heterocycles. The van der Waals surface area contributed by atoms with Gasteiger partial charge in [0.25, 0.3) is 5.91 Å². The van der Waals surface area contributed by atoms with Crippen molar-refractivity contribution < 1.29 is 18.3 Å². The molecule has 0 aliphatic heterocycles. The van der Waals surface area contributed by atoms with E-state index in [0.717, 1.165) is 23.4 Å². The number of methoxy groups -OCH3 is 1. The number of carbonyl (C=O) groups is 1. The highest BCUT2D eigenvalue weighted by molar-refractivity contribution is 5.94. The molecule has 0 atom stereocenters. The van der Waals surface area contributed by atoms with Crippen LogP contribution in [0.4, 0.5) is 8.78 Å². The highest BCUT2D eigenvalue weighted by Crippen LogP contribution is 2.15. The van der Waals surface area contributed by atoms with E-state index >= 15 is 0 Å². The van der Waals surface area contributed by atoms with Crippen molar-refractivity contribution in [3.05, 3.63) is 65.2 Å². The molecule has 0 aliphatic rings. The Labute approximate surface area is 121 Å².